The average molecular weight is 399 g/mol. The van der Waals surface area contributed by atoms with E-state index in [1.54, 1.807) is 0 Å². The van der Waals surface area contributed by atoms with Crippen LogP contribution >= 0.6 is 0 Å². The molecule has 0 amide bonds. The number of hydrogen-bond donors (Lipinski definition) is 0. The Labute approximate surface area is 181 Å². The van der Waals surface area contributed by atoms with E-state index in [2.05, 4.69) is 103 Å². The van der Waals surface area contributed by atoms with Crippen LogP contribution in [0.3, 0.4) is 0 Å². The van der Waals surface area contributed by atoms with E-state index in [4.69, 9.17) is 0 Å². The van der Waals surface area contributed by atoms with Gasteiger partial charge in [0.2, 0.25) is 0 Å². The van der Waals surface area contributed by atoms with Crippen LogP contribution in [0.25, 0.3) is 27.5 Å². The fourth-order valence-corrected chi connectivity index (χ4v) is 4.62. The van der Waals surface area contributed by atoms with Crippen molar-refractivity contribution in [1.29, 1.82) is 0 Å². The molecule has 2 heteroatoms. The van der Waals surface area contributed by atoms with Crippen LogP contribution in [-0.2, 0) is 0 Å². The SMILES string of the molecule is CCCCCCCC(C)N(C)c1cccc2c1c1ccccc1n2-c1ccccc1. The Balaban J connectivity index is 1.74. The van der Waals surface area contributed by atoms with Crippen molar-refractivity contribution in [1.82, 2.24) is 4.57 Å². The molecule has 4 aromatic rings. The number of nitrogens with zero attached hydrogens (tertiary/aromatic N) is 2. The highest BCUT2D eigenvalue weighted by atomic mass is 15.1. The van der Waals surface area contributed by atoms with Crippen LogP contribution in [0.4, 0.5) is 5.69 Å². The zero-order valence-corrected chi connectivity index (χ0v) is 18.6. The Morgan fingerprint density at radius 2 is 1.47 bits per heavy atom. The van der Waals surface area contributed by atoms with E-state index in [1.165, 1.54) is 71.7 Å². The molecule has 0 saturated heterocycles. The van der Waals surface area contributed by atoms with Crippen LogP contribution in [0.1, 0.15) is 52.4 Å². The van der Waals surface area contributed by atoms with Crippen molar-refractivity contribution in [2.45, 2.75) is 58.4 Å². The topological polar surface area (TPSA) is 8.17 Å². The molecule has 1 unspecified atom stereocenters. The number of rotatable bonds is 9. The molecule has 1 aromatic heterocycles. The molecule has 1 heterocycles. The van der Waals surface area contributed by atoms with E-state index < -0.39 is 0 Å². The maximum absolute atomic E-state index is 2.49. The molecule has 0 radical (unpaired) electrons. The van der Waals surface area contributed by atoms with Gasteiger partial charge >= 0.3 is 0 Å². The van der Waals surface area contributed by atoms with Gasteiger partial charge in [-0.15, -0.1) is 0 Å². The van der Waals surface area contributed by atoms with Gasteiger partial charge in [-0.2, -0.15) is 0 Å². The van der Waals surface area contributed by atoms with Gasteiger partial charge in [-0.05, 0) is 43.7 Å². The molecule has 3 aromatic carbocycles. The molecule has 2 nitrogen and oxygen atoms in total. The van der Waals surface area contributed by atoms with Crippen molar-refractivity contribution in [3.05, 3.63) is 72.8 Å². The second-order valence-electron chi connectivity index (χ2n) is 8.52. The summed E-state index contributed by atoms with van der Waals surface area (Å²) in [4.78, 5) is 2.49. The first kappa shape index (κ1) is 20.5. The first-order valence-electron chi connectivity index (χ1n) is 11.5. The first-order valence-corrected chi connectivity index (χ1v) is 11.5. The third-order valence-corrected chi connectivity index (χ3v) is 6.46. The number of benzene rings is 3. The quantitative estimate of drug-likeness (QED) is 0.260. The molecule has 0 N–H and O–H groups in total. The predicted molar refractivity (Wildman–Crippen MR) is 132 cm³/mol. The molecular weight excluding hydrogens is 364 g/mol. The molecule has 0 bridgehead atoms. The van der Waals surface area contributed by atoms with Crippen molar-refractivity contribution < 1.29 is 0 Å². The summed E-state index contributed by atoms with van der Waals surface area (Å²) >= 11 is 0. The van der Waals surface area contributed by atoms with Gasteiger partial charge in [0.05, 0.1) is 11.0 Å². The predicted octanol–water partition coefficient (Wildman–Crippen LogP) is 7.97. The highest BCUT2D eigenvalue weighted by molar-refractivity contribution is 6.15. The van der Waals surface area contributed by atoms with Gasteiger partial charge in [-0.1, -0.05) is 81.5 Å². The van der Waals surface area contributed by atoms with Gasteiger partial charge in [0.25, 0.3) is 0 Å². The van der Waals surface area contributed by atoms with E-state index in [0.29, 0.717) is 6.04 Å². The van der Waals surface area contributed by atoms with E-state index in [0.717, 1.165) is 0 Å². The van der Waals surface area contributed by atoms with Crippen LogP contribution < -0.4 is 4.90 Å². The lowest BCUT2D eigenvalue weighted by Gasteiger charge is -2.28. The zero-order chi connectivity index (χ0) is 20.9. The minimum Gasteiger partial charge on any atom is -0.371 e. The molecule has 0 aliphatic carbocycles. The Morgan fingerprint density at radius 3 is 2.27 bits per heavy atom. The third kappa shape index (κ3) is 3.96. The summed E-state index contributed by atoms with van der Waals surface area (Å²) in [5.41, 5.74) is 5.10. The van der Waals surface area contributed by atoms with Gasteiger partial charge in [-0.3, -0.25) is 0 Å². The summed E-state index contributed by atoms with van der Waals surface area (Å²) in [5.74, 6) is 0. The van der Waals surface area contributed by atoms with Gasteiger partial charge in [0.15, 0.2) is 0 Å². The minimum atomic E-state index is 0.524. The van der Waals surface area contributed by atoms with E-state index >= 15 is 0 Å². The van der Waals surface area contributed by atoms with Crippen molar-refractivity contribution in [2.75, 3.05) is 11.9 Å². The highest BCUT2D eigenvalue weighted by Crippen LogP contribution is 2.38. The van der Waals surface area contributed by atoms with E-state index in [1.807, 2.05) is 0 Å². The van der Waals surface area contributed by atoms with Crippen molar-refractivity contribution in [3.8, 4) is 5.69 Å². The molecule has 0 aliphatic rings. The van der Waals surface area contributed by atoms with Crippen LogP contribution in [0, 0.1) is 0 Å². The summed E-state index contributed by atoms with van der Waals surface area (Å²) in [5, 5.41) is 2.69. The third-order valence-electron chi connectivity index (χ3n) is 6.46. The Bertz CT molecular complexity index is 1090. The largest absolute Gasteiger partial charge is 0.371 e. The summed E-state index contributed by atoms with van der Waals surface area (Å²) in [6.07, 6.45) is 7.95. The second-order valence-corrected chi connectivity index (χ2v) is 8.52. The van der Waals surface area contributed by atoms with Gasteiger partial charge in [-0.25, -0.2) is 0 Å². The molecule has 0 aliphatic heterocycles. The van der Waals surface area contributed by atoms with Crippen LogP contribution in [0.5, 0.6) is 0 Å². The lowest BCUT2D eigenvalue weighted by atomic mass is 10.0. The van der Waals surface area contributed by atoms with Crippen LogP contribution in [-0.4, -0.2) is 17.7 Å². The van der Waals surface area contributed by atoms with E-state index in [-0.39, 0.29) is 0 Å². The molecule has 156 valence electrons. The van der Waals surface area contributed by atoms with Gasteiger partial charge < -0.3 is 9.47 Å². The lowest BCUT2D eigenvalue weighted by molar-refractivity contribution is 0.548. The van der Waals surface area contributed by atoms with E-state index in [9.17, 15) is 0 Å². The lowest BCUT2D eigenvalue weighted by Crippen LogP contribution is -2.28. The average Bonchev–Trinajstić information content (AvgIpc) is 3.13. The Hall–Kier alpha value is -2.74. The summed E-state index contributed by atoms with van der Waals surface area (Å²) in [7, 11) is 2.26. The molecule has 1 atom stereocenters. The standard InChI is InChI=1S/C28H34N2/c1-4-5-6-7-9-15-22(2)29(3)26-20-14-21-27-28(26)24-18-12-13-19-25(24)30(27)23-16-10-8-11-17-23/h8,10-14,16-22H,4-7,9,15H2,1-3H3. The zero-order valence-electron chi connectivity index (χ0n) is 18.6. The number of fused-ring (bicyclic) bond motifs is 3. The first-order chi connectivity index (χ1) is 14.7. The monoisotopic (exact) mass is 398 g/mol. The van der Waals surface area contributed by atoms with Crippen molar-refractivity contribution in [3.63, 3.8) is 0 Å². The smallest absolute Gasteiger partial charge is 0.0561 e. The minimum absolute atomic E-state index is 0.524. The number of para-hydroxylation sites is 2. The van der Waals surface area contributed by atoms with Crippen LogP contribution in [0.15, 0.2) is 72.8 Å². The number of hydrogen-bond acceptors (Lipinski definition) is 1. The number of aromatic nitrogens is 1. The number of anilines is 1. The molecule has 0 saturated carbocycles. The summed E-state index contributed by atoms with van der Waals surface area (Å²) in [6.45, 7) is 4.65. The molecule has 30 heavy (non-hydrogen) atoms. The molecule has 0 fully saturated rings. The number of unbranched alkanes of at least 4 members (excludes halogenated alkanes) is 4. The van der Waals surface area contributed by atoms with Gasteiger partial charge in [0, 0.05) is 35.2 Å². The van der Waals surface area contributed by atoms with Crippen molar-refractivity contribution >= 4 is 27.5 Å². The fourth-order valence-electron chi connectivity index (χ4n) is 4.62. The van der Waals surface area contributed by atoms with Crippen LogP contribution in [0.2, 0.25) is 0 Å². The second kappa shape index (κ2) is 9.38. The highest BCUT2D eigenvalue weighted by Gasteiger charge is 2.18. The van der Waals surface area contributed by atoms with Crippen molar-refractivity contribution in [2.24, 2.45) is 0 Å². The summed E-state index contributed by atoms with van der Waals surface area (Å²) in [6, 6.07) is 26.8. The maximum atomic E-state index is 2.49. The molecular formula is C28H34N2. The molecule has 4 rings (SSSR count). The molecule has 0 spiro atoms. The normalized spacial score (nSPS) is 12.5. The Morgan fingerprint density at radius 1 is 0.767 bits per heavy atom. The maximum Gasteiger partial charge on any atom is 0.0561 e. The van der Waals surface area contributed by atoms with Gasteiger partial charge in [0.1, 0.15) is 0 Å². The Kier molecular flexibility index (Phi) is 6.42. The summed E-state index contributed by atoms with van der Waals surface area (Å²) < 4.78 is 2.40. The fraction of sp³-hybridized carbons (Fsp3) is 0.357.